The molecule has 1 aromatic rings. The van der Waals surface area contributed by atoms with Crippen LogP contribution in [-0.4, -0.2) is 17.3 Å². The zero-order valence-electron chi connectivity index (χ0n) is 9.31. The zero-order valence-corrected chi connectivity index (χ0v) is 12.5. The minimum atomic E-state index is -4.56. The highest BCUT2D eigenvalue weighted by Crippen LogP contribution is 2.33. The molecule has 1 unspecified atom stereocenters. The van der Waals surface area contributed by atoms with Crippen molar-refractivity contribution in [1.82, 2.24) is 5.32 Å². The Bertz CT molecular complexity index is 446. The van der Waals surface area contributed by atoms with Gasteiger partial charge in [0.1, 0.15) is 0 Å². The first-order chi connectivity index (χ1) is 8.21. The highest BCUT2D eigenvalue weighted by atomic mass is 79.9. The number of nitrogens with one attached hydrogen (secondary N) is 1. The van der Waals surface area contributed by atoms with Gasteiger partial charge in [-0.2, -0.15) is 13.2 Å². The molecule has 0 radical (unpaired) electrons. The summed E-state index contributed by atoms with van der Waals surface area (Å²) >= 11 is 6.16. The van der Waals surface area contributed by atoms with Crippen LogP contribution in [0.4, 0.5) is 13.2 Å². The normalized spacial score (nSPS) is 13.2. The van der Waals surface area contributed by atoms with E-state index in [9.17, 15) is 18.0 Å². The SMILES string of the molecule is CC(Br)CNC(=O)c1ccc(Br)cc1C(F)(F)F. The van der Waals surface area contributed by atoms with Gasteiger partial charge in [-0.3, -0.25) is 4.79 Å². The lowest BCUT2D eigenvalue weighted by molar-refractivity contribution is -0.138. The van der Waals surface area contributed by atoms with Crippen molar-refractivity contribution in [3.63, 3.8) is 0 Å². The second-order valence-electron chi connectivity index (χ2n) is 3.68. The number of alkyl halides is 4. The Kier molecular flexibility index (Phi) is 5.21. The van der Waals surface area contributed by atoms with Crippen molar-refractivity contribution >= 4 is 37.8 Å². The molecule has 0 aliphatic rings. The molecule has 1 amide bonds. The van der Waals surface area contributed by atoms with Gasteiger partial charge in [0.15, 0.2) is 0 Å². The van der Waals surface area contributed by atoms with Crippen LogP contribution in [0, 0.1) is 0 Å². The molecule has 100 valence electrons. The Morgan fingerprint density at radius 2 is 2.06 bits per heavy atom. The lowest BCUT2D eigenvalue weighted by Crippen LogP contribution is -2.30. The molecular formula is C11H10Br2F3NO. The third kappa shape index (κ3) is 4.28. The van der Waals surface area contributed by atoms with Gasteiger partial charge < -0.3 is 5.32 Å². The van der Waals surface area contributed by atoms with Crippen LogP contribution in [0.3, 0.4) is 0 Å². The lowest BCUT2D eigenvalue weighted by atomic mass is 10.1. The van der Waals surface area contributed by atoms with E-state index < -0.39 is 17.6 Å². The molecule has 1 N–H and O–H groups in total. The van der Waals surface area contributed by atoms with E-state index in [2.05, 4.69) is 37.2 Å². The molecule has 0 saturated carbocycles. The average Bonchev–Trinajstić information content (AvgIpc) is 2.24. The van der Waals surface area contributed by atoms with Gasteiger partial charge in [0.05, 0.1) is 11.1 Å². The molecular weight excluding hydrogens is 379 g/mol. The maximum absolute atomic E-state index is 12.8. The van der Waals surface area contributed by atoms with Crippen molar-refractivity contribution in [1.29, 1.82) is 0 Å². The van der Waals surface area contributed by atoms with Crippen molar-refractivity contribution in [2.75, 3.05) is 6.54 Å². The van der Waals surface area contributed by atoms with Crippen molar-refractivity contribution in [3.8, 4) is 0 Å². The van der Waals surface area contributed by atoms with Crippen LogP contribution in [0.1, 0.15) is 22.8 Å². The van der Waals surface area contributed by atoms with E-state index in [1.807, 2.05) is 0 Å². The quantitative estimate of drug-likeness (QED) is 0.779. The summed E-state index contributed by atoms with van der Waals surface area (Å²) in [5.41, 5.74) is -1.32. The third-order valence-corrected chi connectivity index (χ3v) is 2.89. The maximum atomic E-state index is 12.8. The summed E-state index contributed by atoms with van der Waals surface area (Å²) in [6.45, 7) is 2.04. The molecule has 1 rings (SSSR count). The van der Waals surface area contributed by atoms with Crippen LogP contribution >= 0.6 is 31.9 Å². The number of halogens is 5. The fourth-order valence-corrected chi connectivity index (χ4v) is 1.80. The third-order valence-electron chi connectivity index (χ3n) is 2.08. The van der Waals surface area contributed by atoms with Gasteiger partial charge in [-0.25, -0.2) is 0 Å². The van der Waals surface area contributed by atoms with Gasteiger partial charge in [-0.15, -0.1) is 0 Å². The van der Waals surface area contributed by atoms with E-state index in [0.29, 0.717) is 0 Å². The predicted molar refractivity (Wildman–Crippen MR) is 69.9 cm³/mol. The van der Waals surface area contributed by atoms with Crippen molar-refractivity contribution < 1.29 is 18.0 Å². The van der Waals surface area contributed by atoms with E-state index in [1.165, 1.54) is 6.07 Å². The van der Waals surface area contributed by atoms with Crippen LogP contribution in [0.15, 0.2) is 22.7 Å². The topological polar surface area (TPSA) is 29.1 Å². The van der Waals surface area contributed by atoms with Crippen molar-refractivity contribution in [2.24, 2.45) is 0 Å². The van der Waals surface area contributed by atoms with E-state index in [1.54, 1.807) is 6.92 Å². The molecule has 18 heavy (non-hydrogen) atoms. The summed E-state index contributed by atoms with van der Waals surface area (Å²) in [6, 6.07) is 3.45. The van der Waals surface area contributed by atoms with Crippen LogP contribution in [0.25, 0.3) is 0 Å². The van der Waals surface area contributed by atoms with Crippen molar-refractivity contribution in [3.05, 3.63) is 33.8 Å². The first kappa shape index (κ1) is 15.5. The molecule has 0 bridgehead atoms. The van der Waals surface area contributed by atoms with Crippen LogP contribution in [-0.2, 0) is 6.18 Å². The minimum absolute atomic E-state index is 0.00812. The second kappa shape index (κ2) is 6.06. The molecule has 0 fully saturated rings. The van der Waals surface area contributed by atoms with Crippen LogP contribution in [0.2, 0.25) is 0 Å². The summed E-state index contributed by atoms with van der Waals surface area (Å²) in [6.07, 6.45) is -4.56. The smallest absolute Gasteiger partial charge is 0.351 e. The maximum Gasteiger partial charge on any atom is 0.417 e. The number of hydrogen-bond acceptors (Lipinski definition) is 1. The fraction of sp³-hybridized carbons (Fsp3) is 0.364. The molecule has 0 saturated heterocycles. The van der Waals surface area contributed by atoms with E-state index in [-0.39, 0.29) is 21.4 Å². The first-order valence-electron chi connectivity index (χ1n) is 5.01. The van der Waals surface area contributed by atoms with Crippen LogP contribution < -0.4 is 5.32 Å². The van der Waals surface area contributed by atoms with Gasteiger partial charge >= 0.3 is 6.18 Å². The van der Waals surface area contributed by atoms with E-state index in [0.717, 1.165) is 12.1 Å². The largest absolute Gasteiger partial charge is 0.417 e. The number of hydrogen-bond donors (Lipinski definition) is 1. The number of rotatable bonds is 3. The highest BCUT2D eigenvalue weighted by molar-refractivity contribution is 9.10. The summed E-state index contributed by atoms with van der Waals surface area (Å²) in [7, 11) is 0. The van der Waals surface area contributed by atoms with Gasteiger partial charge in [-0.05, 0) is 18.2 Å². The lowest BCUT2D eigenvalue weighted by Gasteiger charge is -2.13. The standard InChI is InChI=1S/C11H10Br2F3NO/c1-6(12)5-17-10(18)8-3-2-7(13)4-9(8)11(14,15)16/h2-4,6H,5H2,1H3,(H,17,18). The van der Waals surface area contributed by atoms with Gasteiger partial charge in [0.2, 0.25) is 0 Å². The minimum Gasteiger partial charge on any atom is -0.351 e. The molecule has 2 nitrogen and oxygen atoms in total. The van der Waals surface area contributed by atoms with Crippen LogP contribution in [0.5, 0.6) is 0 Å². The first-order valence-corrected chi connectivity index (χ1v) is 6.71. The molecule has 1 aromatic carbocycles. The predicted octanol–water partition coefficient (Wildman–Crippen LogP) is 3.98. The summed E-state index contributed by atoms with van der Waals surface area (Å²) in [5, 5.41) is 2.43. The van der Waals surface area contributed by atoms with Gasteiger partial charge in [0.25, 0.3) is 5.91 Å². The molecule has 0 aliphatic heterocycles. The molecule has 1 atom stereocenters. The summed E-state index contributed by atoms with van der Waals surface area (Å²) < 4.78 is 38.6. The second-order valence-corrected chi connectivity index (χ2v) is 6.16. The zero-order chi connectivity index (χ0) is 13.9. The Morgan fingerprint density at radius 1 is 1.44 bits per heavy atom. The van der Waals surface area contributed by atoms with Gasteiger partial charge in [0, 0.05) is 15.8 Å². The number of benzene rings is 1. The summed E-state index contributed by atoms with van der Waals surface area (Å²) in [4.78, 5) is 11.7. The molecule has 0 aliphatic carbocycles. The Labute approximate surface area is 119 Å². The Hall–Kier alpha value is -0.560. The fourth-order valence-electron chi connectivity index (χ4n) is 1.28. The Balaban J connectivity index is 3.05. The molecule has 0 heterocycles. The average molecular weight is 389 g/mol. The van der Waals surface area contributed by atoms with E-state index in [4.69, 9.17) is 0 Å². The van der Waals surface area contributed by atoms with Gasteiger partial charge in [-0.1, -0.05) is 38.8 Å². The monoisotopic (exact) mass is 387 g/mol. The Morgan fingerprint density at radius 3 is 2.56 bits per heavy atom. The number of carbonyl (C=O) groups excluding carboxylic acids is 1. The summed E-state index contributed by atoms with van der Waals surface area (Å²) in [5.74, 6) is -0.735. The molecule has 0 spiro atoms. The molecule has 0 aromatic heterocycles. The highest BCUT2D eigenvalue weighted by Gasteiger charge is 2.35. The van der Waals surface area contributed by atoms with E-state index >= 15 is 0 Å². The van der Waals surface area contributed by atoms with Crippen molar-refractivity contribution in [2.45, 2.75) is 17.9 Å². The number of carbonyl (C=O) groups is 1. The number of amides is 1. The molecule has 7 heteroatoms.